The zero-order chi connectivity index (χ0) is 26.0. The van der Waals surface area contributed by atoms with Gasteiger partial charge in [-0.25, -0.2) is 0 Å². The summed E-state index contributed by atoms with van der Waals surface area (Å²) in [6, 6.07) is 22.5. The van der Waals surface area contributed by atoms with Gasteiger partial charge < -0.3 is 10.2 Å². The number of nitrogens with one attached hydrogen (secondary N) is 1. The Balaban J connectivity index is 1.000. The number of amides is 1. The summed E-state index contributed by atoms with van der Waals surface area (Å²) in [7, 11) is 0. The summed E-state index contributed by atoms with van der Waals surface area (Å²) in [6.45, 7) is 6.51. The van der Waals surface area contributed by atoms with Crippen molar-refractivity contribution in [2.45, 2.75) is 57.4 Å². The number of hydrogen-bond donors (Lipinski definition) is 1. The van der Waals surface area contributed by atoms with Crippen molar-refractivity contribution < 1.29 is 4.79 Å². The second-order valence-corrected chi connectivity index (χ2v) is 10.8. The molecule has 1 N–H and O–H groups in total. The van der Waals surface area contributed by atoms with Gasteiger partial charge in [-0.3, -0.25) is 14.7 Å². The van der Waals surface area contributed by atoms with Crippen molar-refractivity contribution in [3.63, 3.8) is 0 Å². The standard InChI is InChI=1S/C33H42N4O/c38-32(18-15-27-10-9-19-34-26-27)35-20-7-1-2-8-21-36-22-24-37(25-23-36)33-30-13-5-3-11-28(30)16-17-29-12-4-6-14-31(29)33/h3-6,9-14,19,26,33H,1-2,7-8,15-18,20-25H2,(H,35,38). The van der Waals surface area contributed by atoms with Crippen molar-refractivity contribution in [1.82, 2.24) is 20.1 Å². The molecular weight excluding hydrogens is 468 g/mol. The van der Waals surface area contributed by atoms with Gasteiger partial charge >= 0.3 is 0 Å². The lowest BCUT2D eigenvalue weighted by Crippen LogP contribution is -2.48. The molecule has 200 valence electrons. The van der Waals surface area contributed by atoms with Gasteiger partial charge in [0.05, 0.1) is 6.04 Å². The molecule has 5 heteroatoms. The molecule has 5 rings (SSSR count). The number of nitrogens with zero attached hydrogens (tertiary/aromatic N) is 3. The number of carbonyl (C=O) groups excluding carboxylic acids is 1. The lowest BCUT2D eigenvalue weighted by Gasteiger charge is -2.40. The van der Waals surface area contributed by atoms with Crippen LogP contribution in [0.4, 0.5) is 0 Å². The first-order valence-corrected chi connectivity index (χ1v) is 14.6. The van der Waals surface area contributed by atoms with Crippen LogP contribution in [0.1, 0.15) is 66.0 Å². The van der Waals surface area contributed by atoms with E-state index in [1.165, 1.54) is 48.1 Å². The van der Waals surface area contributed by atoms with Crippen molar-refractivity contribution in [2.24, 2.45) is 0 Å². The Kier molecular flexibility index (Phi) is 9.57. The fourth-order valence-corrected chi connectivity index (χ4v) is 6.07. The summed E-state index contributed by atoms with van der Waals surface area (Å²) in [6.07, 6.45) is 11.9. The highest BCUT2D eigenvalue weighted by atomic mass is 16.1. The number of aromatic nitrogens is 1. The first kappa shape index (κ1) is 26.6. The van der Waals surface area contributed by atoms with Crippen LogP contribution in [0.2, 0.25) is 0 Å². The van der Waals surface area contributed by atoms with Crippen molar-refractivity contribution in [2.75, 3.05) is 39.3 Å². The number of fused-ring (bicyclic) bond motifs is 2. The molecule has 3 aromatic rings. The van der Waals surface area contributed by atoms with Crippen LogP contribution in [0, 0.1) is 0 Å². The minimum Gasteiger partial charge on any atom is -0.356 e. The van der Waals surface area contributed by atoms with Gasteiger partial charge in [0.1, 0.15) is 0 Å². The van der Waals surface area contributed by atoms with Crippen molar-refractivity contribution >= 4 is 5.91 Å². The molecule has 0 bridgehead atoms. The van der Waals surface area contributed by atoms with Crippen molar-refractivity contribution in [1.29, 1.82) is 0 Å². The minimum absolute atomic E-state index is 0.144. The SMILES string of the molecule is O=C(CCc1cccnc1)NCCCCCCN1CCN(C2c3ccccc3CCc3ccccc32)CC1. The van der Waals surface area contributed by atoms with Crippen LogP contribution in [-0.2, 0) is 24.1 Å². The van der Waals surface area contributed by atoms with Crippen molar-refractivity contribution in [3.8, 4) is 0 Å². The number of piperazine rings is 1. The predicted molar refractivity (Wildman–Crippen MR) is 154 cm³/mol. The summed E-state index contributed by atoms with van der Waals surface area (Å²) in [4.78, 5) is 21.5. The van der Waals surface area contributed by atoms with Gasteiger partial charge in [0.25, 0.3) is 0 Å². The highest BCUT2D eigenvalue weighted by Gasteiger charge is 2.30. The third-order valence-electron chi connectivity index (χ3n) is 8.22. The molecule has 1 saturated heterocycles. The number of carbonyl (C=O) groups is 1. The summed E-state index contributed by atoms with van der Waals surface area (Å²) in [5, 5.41) is 3.07. The second kappa shape index (κ2) is 13.7. The van der Waals surface area contributed by atoms with E-state index in [1.54, 1.807) is 6.20 Å². The van der Waals surface area contributed by atoms with Crippen LogP contribution in [0.5, 0.6) is 0 Å². The average molecular weight is 511 g/mol. The molecule has 0 saturated carbocycles. The van der Waals surface area contributed by atoms with E-state index in [0.29, 0.717) is 12.5 Å². The topological polar surface area (TPSA) is 48.5 Å². The van der Waals surface area contributed by atoms with Gasteiger partial charge in [-0.15, -0.1) is 0 Å². The molecule has 1 fully saturated rings. The normalized spacial score (nSPS) is 16.4. The second-order valence-electron chi connectivity index (χ2n) is 10.8. The van der Waals surface area contributed by atoms with E-state index < -0.39 is 0 Å². The number of unbranched alkanes of at least 4 members (excludes halogenated alkanes) is 3. The van der Waals surface area contributed by atoms with Gasteiger partial charge in [-0.05, 0) is 72.5 Å². The monoisotopic (exact) mass is 510 g/mol. The summed E-state index contributed by atoms with van der Waals surface area (Å²) in [5.41, 5.74) is 7.17. The largest absolute Gasteiger partial charge is 0.356 e. The molecule has 2 aliphatic rings. The van der Waals surface area contributed by atoms with Crippen LogP contribution in [0.15, 0.2) is 73.1 Å². The first-order valence-electron chi connectivity index (χ1n) is 14.6. The predicted octanol–water partition coefficient (Wildman–Crippen LogP) is 5.20. The summed E-state index contributed by atoms with van der Waals surface area (Å²) >= 11 is 0. The van der Waals surface area contributed by atoms with E-state index in [2.05, 4.69) is 68.6 Å². The fourth-order valence-electron chi connectivity index (χ4n) is 6.07. The maximum absolute atomic E-state index is 12.1. The van der Waals surface area contributed by atoms with Crippen LogP contribution < -0.4 is 5.32 Å². The zero-order valence-corrected chi connectivity index (χ0v) is 22.7. The Morgan fingerprint density at radius 2 is 1.50 bits per heavy atom. The highest BCUT2D eigenvalue weighted by molar-refractivity contribution is 5.76. The molecule has 2 aromatic carbocycles. The third kappa shape index (κ3) is 7.09. The number of benzene rings is 2. The van der Waals surface area contributed by atoms with E-state index in [-0.39, 0.29) is 5.91 Å². The van der Waals surface area contributed by atoms with Gasteiger partial charge in [0.15, 0.2) is 0 Å². The van der Waals surface area contributed by atoms with E-state index >= 15 is 0 Å². The van der Waals surface area contributed by atoms with Crippen LogP contribution in [0.3, 0.4) is 0 Å². The van der Waals surface area contributed by atoms with Gasteiger partial charge in [0, 0.05) is 51.5 Å². The molecule has 5 nitrogen and oxygen atoms in total. The molecule has 2 heterocycles. The van der Waals surface area contributed by atoms with Crippen molar-refractivity contribution in [3.05, 3.63) is 101 Å². The molecule has 1 aromatic heterocycles. The fraction of sp³-hybridized carbons (Fsp3) is 0.455. The summed E-state index contributed by atoms with van der Waals surface area (Å²) < 4.78 is 0. The molecule has 1 aliphatic carbocycles. The molecule has 0 unspecified atom stereocenters. The maximum Gasteiger partial charge on any atom is 0.220 e. The first-order chi connectivity index (χ1) is 18.8. The Bertz CT molecular complexity index is 1110. The van der Waals surface area contributed by atoms with E-state index in [1.807, 2.05) is 18.3 Å². The van der Waals surface area contributed by atoms with Gasteiger partial charge in [-0.1, -0.05) is 67.4 Å². The molecule has 0 radical (unpaired) electrons. The third-order valence-corrected chi connectivity index (χ3v) is 8.22. The Morgan fingerprint density at radius 3 is 2.18 bits per heavy atom. The molecule has 1 amide bonds. The number of aryl methyl sites for hydroxylation is 3. The maximum atomic E-state index is 12.1. The minimum atomic E-state index is 0.144. The van der Waals surface area contributed by atoms with Gasteiger partial charge in [0.2, 0.25) is 5.91 Å². The lowest BCUT2D eigenvalue weighted by molar-refractivity contribution is -0.121. The quantitative estimate of drug-likeness (QED) is 0.361. The van der Waals surface area contributed by atoms with Crippen LogP contribution in [-0.4, -0.2) is 60.0 Å². The van der Waals surface area contributed by atoms with E-state index in [9.17, 15) is 4.79 Å². The molecule has 38 heavy (non-hydrogen) atoms. The molecule has 1 aliphatic heterocycles. The van der Waals surface area contributed by atoms with Crippen LogP contribution >= 0.6 is 0 Å². The Morgan fingerprint density at radius 1 is 0.816 bits per heavy atom. The van der Waals surface area contributed by atoms with Gasteiger partial charge in [-0.2, -0.15) is 0 Å². The molecule has 0 spiro atoms. The molecular formula is C33H42N4O. The van der Waals surface area contributed by atoms with E-state index in [4.69, 9.17) is 0 Å². The average Bonchev–Trinajstić information content (AvgIpc) is 3.13. The number of hydrogen-bond acceptors (Lipinski definition) is 4. The number of pyridine rings is 1. The van der Waals surface area contributed by atoms with E-state index in [0.717, 1.165) is 64.0 Å². The zero-order valence-electron chi connectivity index (χ0n) is 22.7. The Hall–Kier alpha value is -3.02. The Labute approximate surface area is 228 Å². The number of rotatable bonds is 11. The smallest absolute Gasteiger partial charge is 0.220 e. The summed E-state index contributed by atoms with van der Waals surface area (Å²) in [5.74, 6) is 0.144. The highest BCUT2D eigenvalue weighted by Crippen LogP contribution is 2.37. The van der Waals surface area contributed by atoms with Crippen LogP contribution in [0.25, 0.3) is 0 Å². The molecule has 0 atom stereocenters. The lowest BCUT2D eigenvalue weighted by atomic mass is 9.92.